The summed E-state index contributed by atoms with van der Waals surface area (Å²) in [7, 11) is 0. The van der Waals surface area contributed by atoms with E-state index in [1.807, 2.05) is 13.8 Å². The number of aliphatic hydroxyl groups is 1. The van der Waals surface area contributed by atoms with E-state index in [2.05, 4.69) is 17.6 Å². The molecule has 0 heterocycles. The van der Waals surface area contributed by atoms with Gasteiger partial charge in [-0.25, -0.2) is 9.18 Å². The number of hydrogen-bond acceptors (Lipinski definition) is 3. The van der Waals surface area contributed by atoms with E-state index >= 15 is 0 Å². The van der Waals surface area contributed by atoms with Crippen molar-refractivity contribution in [2.24, 2.45) is 5.92 Å². The second kappa shape index (κ2) is 10.0. The predicted octanol–water partition coefficient (Wildman–Crippen LogP) is 3.53. The molecule has 130 valence electrons. The highest BCUT2D eigenvalue weighted by atomic mass is 19.1. The van der Waals surface area contributed by atoms with E-state index in [4.69, 9.17) is 9.84 Å². The Balaban J connectivity index is 2.53. The van der Waals surface area contributed by atoms with Gasteiger partial charge in [-0.05, 0) is 44.7 Å². The fourth-order valence-corrected chi connectivity index (χ4v) is 2.29. The Kier molecular flexibility index (Phi) is 8.40. The van der Waals surface area contributed by atoms with Gasteiger partial charge in [0, 0.05) is 19.2 Å². The van der Waals surface area contributed by atoms with Gasteiger partial charge in [0.1, 0.15) is 11.6 Å². The second-order valence-electron chi connectivity index (χ2n) is 5.81. The van der Waals surface area contributed by atoms with Gasteiger partial charge in [-0.2, -0.15) is 0 Å². The molecule has 0 aromatic heterocycles. The van der Waals surface area contributed by atoms with Gasteiger partial charge in [0.15, 0.2) is 0 Å². The molecule has 0 bridgehead atoms. The number of carbonyl (C=O) groups is 1. The number of hydrogen-bond donors (Lipinski definition) is 3. The number of rotatable bonds is 9. The SMILES string of the molecule is CCCC(CCO)CNC(=O)Nc1ccc(OC(C)C)cc1F. The Morgan fingerprint density at radius 3 is 2.65 bits per heavy atom. The Morgan fingerprint density at radius 2 is 2.09 bits per heavy atom. The van der Waals surface area contributed by atoms with E-state index in [1.54, 1.807) is 6.07 Å². The molecule has 1 atom stereocenters. The van der Waals surface area contributed by atoms with Crippen LogP contribution in [0.4, 0.5) is 14.9 Å². The Morgan fingerprint density at radius 1 is 1.35 bits per heavy atom. The first kappa shape index (κ1) is 19.2. The van der Waals surface area contributed by atoms with Crippen LogP contribution in [0.3, 0.4) is 0 Å². The van der Waals surface area contributed by atoms with Crippen molar-refractivity contribution in [3.63, 3.8) is 0 Å². The number of ether oxygens (including phenoxy) is 1. The van der Waals surface area contributed by atoms with E-state index in [-0.39, 0.29) is 24.3 Å². The molecule has 0 saturated carbocycles. The zero-order chi connectivity index (χ0) is 17.2. The highest BCUT2D eigenvalue weighted by Gasteiger charge is 2.12. The van der Waals surface area contributed by atoms with E-state index in [0.29, 0.717) is 18.7 Å². The first-order valence-corrected chi connectivity index (χ1v) is 8.08. The van der Waals surface area contributed by atoms with Crippen molar-refractivity contribution in [3.8, 4) is 5.75 Å². The summed E-state index contributed by atoms with van der Waals surface area (Å²) in [6.45, 7) is 6.32. The van der Waals surface area contributed by atoms with E-state index in [1.165, 1.54) is 12.1 Å². The normalized spacial score (nSPS) is 12.1. The molecule has 1 unspecified atom stereocenters. The second-order valence-corrected chi connectivity index (χ2v) is 5.81. The number of aliphatic hydroxyl groups excluding tert-OH is 1. The minimum atomic E-state index is -0.543. The monoisotopic (exact) mass is 326 g/mol. The van der Waals surface area contributed by atoms with Crippen LogP contribution in [-0.2, 0) is 0 Å². The van der Waals surface area contributed by atoms with Crippen LogP contribution < -0.4 is 15.4 Å². The quantitative estimate of drug-likeness (QED) is 0.650. The maximum atomic E-state index is 13.9. The molecule has 0 radical (unpaired) electrons. The predicted molar refractivity (Wildman–Crippen MR) is 89.3 cm³/mol. The summed E-state index contributed by atoms with van der Waals surface area (Å²) in [5.74, 6) is 0.107. The summed E-state index contributed by atoms with van der Waals surface area (Å²) in [5, 5.41) is 14.2. The van der Waals surface area contributed by atoms with Crippen molar-refractivity contribution >= 4 is 11.7 Å². The lowest BCUT2D eigenvalue weighted by Crippen LogP contribution is -2.33. The van der Waals surface area contributed by atoms with E-state index in [0.717, 1.165) is 12.8 Å². The van der Waals surface area contributed by atoms with Crippen molar-refractivity contribution < 1.29 is 19.0 Å². The van der Waals surface area contributed by atoms with Crippen LogP contribution in [-0.4, -0.2) is 30.4 Å². The third-order valence-electron chi connectivity index (χ3n) is 3.35. The van der Waals surface area contributed by atoms with Crippen LogP contribution in [0, 0.1) is 11.7 Å². The summed E-state index contributed by atoms with van der Waals surface area (Å²) in [6.07, 6.45) is 2.51. The molecule has 1 aromatic rings. The molecular weight excluding hydrogens is 299 g/mol. The largest absolute Gasteiger partial charge is 0.491 e. The number of urea groups is 1. The minimum Gasteiger partial charge on any atom is -0.491 e. The molecule has 0 saturated heterocycles. The molecule has 23 heavy (non-hydrogen) atoms. The number of halogens is 1. The lowest BCUT2D eigenvalue weighted by Gasteiger charge is -2.16. The van der Waals surface area contributed by atoms with Gasteiger partial charge in [-0.3, -0.25) is 0 Å². The van der Waals surface area contributed by atoms with Crippen molar-refractivity contribution in [3.05, 3.63) is 24.0 Å². The van der Waals surface area contributed by atoms with Gasteiger partial charge in [0.05, 0.1) is 11.8 Å². The highest BCUT2D eigenvalue weighted by molar-refractivity contribution is 5.89. The topological polar surface area (TPSA) is 70.6 Å². The van der Waals surface area contributed by atoms with Crippen molar-refractivity contribution in [2.75, 3.05) is 18.5 Å². The Bertz CT molecular complexity index is 489. The van der Waals surface area contributed by atoms with Crippen molar-refractivity contribution in [2.45, 2.75) is 46.1 Å². The zero-order valence-electron chi connectivity index (χ0n) is 14.1. The van der Waals surface area contributed by atoms with Crippen LogP contribution in [0.5, 0.6) is 5.75 Å². The molecule has 2 amide bonds. The molecule has 5 nitrogen and oxygen atoms in total. The molecule has 3 N–H and O–H groups in total. The number of nitrogens with one attached hydrogen (secondary N) is 2. The van der Waals surface area contributed by atoms with Gasteiger partial charge >= 0.3 is 6.03 Å². The first-order chi connectivity index (χ1) is 11.0. The van der Waals surface area contributed by atoms with Crippen LogP contribution in [0.25, 0.3) is 0 Å². The lowest BCUT2D eigenvalue weighted by atomic mass is 10.0. The maximum Gasteiger partial charge on any atom is 0.319 e. The van der Waals surface area contributed by atoms with Crippen molar-refractivity contribution in [1.29, 1.82) is 0 Å². The number of amides is 2. The molecule has 1 aromatic carbocycles. The van der Waals surface area contributed by atoms with Gasteiger partial charge in [0.2, 0.25) is 0 Å². The molecule has 0 aliphatic rings. The summed E-state index contributed by atoms with van der Waals surface area (Å²) in [4.78, 5) is 11.9. The van der Waals surface area contributed by atoms with Gasteiger partial charge in [-0.15, -0.1) is 0 Å². The molecule has 0 aliphatic heterocycles. The van der Waals surface area contributed by atoms with E-state index < -0.39 is 11.8 Å². The van der Waals surface area contributed by atoms with Crippen LogP contribution in [0.2, 0.25) is 0 Å². The van der Waals surface area contributed by atoms with Crippen molar-refractivity contribution in [1.82, 2.24) is 5.32 Å². The average Bonchev–Trinajstić information content (AvgIpc) is 2.47. The highest BCUT2D eigenvalue weighted by Crippen LogP contribution is 2.21. The Labute approximate surface area is 137 Å². The van der Waals surface area contributed by atoms with Gasteiger partial charge in [-0.1, -0.05) is 13.3 Å². The molecule has 0 fully saturated rings. The number of benzene rings is 1. The molecular formula is C17H27FN2O3. The van der Waals surface area contributed by atoms with E-state index in [9.17, 15) is 9.18 Å². The first-order valence-electron chi connectivity index (χ1n) is 8.08. The fraction of sp³-hybridized carbons (Fsp3) is 0.588. The summed E-state index contributed by atoms with van der Waals surface area (Å²) < 4.78 is 19.3. The van der Waals surface area contributed by atoms with Gasteiger partial charge < -0.3 is 20.5 Å². The summed E-state index contributed by atoms with van der Waals surface area (Å²) >= 11 is 0. The molecule has 6 heteroatoms. The lowest BCUT2D eigenvalue weighted by molar-refractivity contribution is 0.236. The summed E-state index contributed by atoms with van der Waals surface area (Å²) in [6, 6.07) is 3.88. The van der Waals surface area contributed by atoms with Crippen LogP contribution >= 0.6 is 0 Å². The van der Waals surface area contributed by atoms with Crippen LogP contribution in [0.1, 0.15) is 40.0 Å². The van der Waals surface area contributed by atoms with Gasteiger partial charge in [0.25, 0.3) is 0 Å². The molecule has 0 aliphatic carbocycles. The molecule has 1 rings (SSSR count). The average molecular weight is 326 g/mol. The van der Waals surface area contributed by atoms with Crippen LogP contribution in [0.15, 0.2) is 18.2 Å². The smallest absolute Gasteiger partial charge is 0.319 e. The fourth-order valence-electron chi connectivity index (χ4n) is 2.29. The third kappa shape index (κ3) is 7.32. The number of anilines is 1. The standard InChI is InChI=1S/C17H27FN2O3/c1-4-5-13(8-9-21)11-19-17(22)20-16-7-6-14(10-15(16)18)23-12(2)3/h6-7,10,12-13,21H,4-5,8-9,11H2,1-3H3,(H2,19,20,22). The Hall–Kier alpha value is -1.82. The number of carbonyl (C=O) groups excluding carboxylic acids is 1. The maximum absolute atomic E-state index is 13.9. The minimum absolute atomic E-state index is 0.0430. The summed E-state index contributed by atoms with van der Waals surface area (Å²) in [5.41, 5.74) is 0.104. The third-order valence-corrected chi connectivity index (χ3v) is 3.35. The zero-order valence-corrected chi connectivity index (χ0v) is 14.1. The molecule has 0 spiro atoms.